The second kappa shape index (κ2) is 10.8. The van der Waals surface area contributed by atoms with Crippen molar-refractivity contribution in [2.24, 2.45) is 10.9 Å². The average molecular weight is 482 g/mol. The lowest BCUT2D eigenvalue weighted by Gasteiger charge is -2.34. The smallest absolute Gasteiger partial charge is 0.353 e. The van der Waals surface area contributed by atoms with Crippen LogP contribution in [0.3, 0.4) is 0 Å². The molecule has 0 atom stereocenters. The zero-order valence-electron chi connectivity index (χ0n) is 18.0. The normalized spacial score (nSPS) is 23.2. The van der Waals surface area contributed by atoms with Crippen LogP contribution in [0.25, 0.3) is 0 Å². The van der Waals surface area contributed by atoms with Crippen molar-refractivity contribution in [2.75, 3.05) is 13.1 Å². The summed E-state index contributed by atoms with van der Waals surface area (Å²) in [6.07, 6.45) is 7.25. The van der Waals surface area contributed by atoms with Crippen LogP contribution in [0.5, 0.6) is 5.88 Å². The number of nitrogens with zero attached hydrogens (tertiary/aromatic N) is 4. The molecule has 2 aliphatic rings. The summed E-state index contributed by atoms with van der Waals surface area (Å²) < 4.78 is 5.74. The van der Waals surface area contributed by atoms with Gasteiger partial charge in [-0.25, -0.2) is 20.3 Å². The summed E-state index contributed by atoms with van der Waals surface area (Å²) in [4.78, 5) is 39.0. The Hall–Kier alpha value is -2.62. The number of ether oxygens (including phenoxy) is 1. The molecule has 9 nitrogen and oxygen atoms in total. The third kappa shape index (κ3) is 5.99. The molecule has 1 aliphatic carbocycles. The van der Waals surface area contributed by atoms with Gasteiger partial charge in [-0.15, -0.1) is 4.94 Å². The van der Waals surface area contributed by atoms with E-state index in [1.165, 1.54) is 16.2 Å². The Morgan fingerprint density at radius 1 is 1.41 bits per heavy atom. The summed E-state index contributed by atoms with van der Waals surface area (Å²) in [5, 5.41) is 2.10. The molecule has 1 N–H and O–H groups in total. The Bertz CT molecular complexity index is 956. The minimum atomic E-state index is -0.363. The van der Waals surface area contributed by atoms with Crippen molar-refractivity contribution >= 4 is 47.2 Å². The van der Waals surface area contributed by atoms with Crippen molar-refractivity contribution in [3.63, 3.8) is 0 Å². The van der Waals surface area contributed by atoms with Crippen LogP contribution in [0, 0.1) is 5.92 Å². The van der Waals surface area contributed by atoms with Gasteiger partial charge in [0.2, 0.25) is 11.8 Å². The molecule has 2 fully saturated rings. The fourth-order valence-electron chi connectivity index (χ4n) is 3.06. The first-order valence-electron chi connectivity index (χ1n) is 10.2. The van der Waals surface area contributed by atoms with Crippen LogP contribution < -0.4 is 10.2 Å². The van der Waals surface area contributed by atoms with Crippen LogP contribution in [0.2, 0.25) is 5.02 Å². The summed E-state index contributed by atoms with van der Waals surface area (Å²) >= 11 is 12.2. The van der Waals surface area contributed by atoms with Crippen LogP contribution >= 0.6 is 23.2 Å². The average Bonchev–Trinajstić information content (AvgIpc) is 2.73. The van der Waals surface area contributed by atoms with Crippen LogP contribution in [-0.2, 0) is 9.73 Å². The number of aldehydes is 1. The molecular weight excluding hydrogens is 457 g/mol. The highest BCUT2D eigenvalue weighted by molar-refractivity contribution is 6.32. The van der Waals surface area contributed by atoms with Crippen molar-refractivity contribution in [3.8, 4) is 5.88 Å². The standard InChI is InChI=1S/C21H25Cl2N5O4/c1-4-28-21(30)27(11-13(2)5-6-14(3)22)20(26-32-28)25-16-9-18(23)19(24-10-16)31-17-7-15(8-17)12-29/h5-6,9-10,12,15,17H,4,7-8,11H2,1-3H3,(H,25,26)/b13-5+,14-6+. The van der Waals surface area contributed by atoms with E-state index in [-0.39, 0.29) is 41.5 Å². The fraction of sp³-hybridized carbons (Fsp3) is 0.429. The number of guanidine groups is 1. The van der Waals surface area contributed by atoms with E-state index in [9.17, 15) is 9.59 Å². The summed E-state index contributed by atoms with van der Waals surface area (Å²) in [5.74, 6) is 0.512. The number of hydroxylamine groups is 3. The van der Waals surface area contributed by atoms with E-state index in [1.54, 1.807) is 26.0 Å². The molecule has 0 radical (unpaired) electrons. The zero-order chi connectivity index (χ0) is 23.3. The number of aliphatic imine (C=N–C) groups is 1. The first-order valence-corrected chi connectivity index (χ1v) is 10.9. The highest BCUT2D eigenvalue weighted by atomic mass is 35.5. The summed E-state index contributed by atoms with van der Waals surface area (Å²) in [7, 11) is 0. The van der Waals surface area contributed by atoms with Crippen molar-refractivity contribution in [1.82, 2.24) is 20.4 Å². The van der Waals surface area contributed by atoms with Gasteiger partial charge in [-0.3, -0.25) is 4.90 Å². The highest BCUT2D eigenvalue weighted by Crippen LogP contribution is 2.33. The van der Waals surface area contributed by atoms with Crippen LogP contribution in [0.1, 0.15) is 33.6 Å². The molecule has 1 saturated heterocycles. The lowest BCUT2D eigenvalue weighted by Crippen LogP contribution is -2.58. The molecule has 32 heavy (non-hydrogen) atoms. The number of pyridine rings is 1. The molecule has 0 unspecified atom stereocenters. The van der Waals surface area contributed by atoms with Crippen molar-refractivity contribution in [3.05, 3.63) is 40.0 Å². The summed E-state index contributed by atoms with van der Waals surface area (Å²) in [5.41, 5.74) is 3.99. The molecule has 1 aromatic rings. The molecule has 1 aromatic heterocycles. The largest absolute Gasteiger partial charge is 0.473 e. The van der Waals surface area contributed by atoms with Gasteiger partial charge in [0.1, 0.15) is 17.4 Å². The molecule has 1 aliphatic heterocycles. The Kier molecular flexibility index (Phi) is 8.11. The molecule has 0 bridgehead atoms. The molecule has 0 spiro atoms. The van der Waals surface area contributed by atoms with E-state index in [0.717, 1.165) is 11.9 Å². The van der Waals surface area contributed by atoms with Gasteiger partial charge >= 0.3 is 6.03 Å². The van der Waals surface area contributed by atoms with E-state index in [1.807, 2.05) is 13.0 Å². The van der Waals surface area contributed by atoms with E-state index < -0.39 is 0 Å². The molecule has 172 valence electrons. The first-order chi connectivity index (χ1) is 15.3. The topological polar surface area (TPSA) is 96.4 Å². The predicted octanol–water partition coefficient (Wildman–Crippen LogP) is 4.36. The maximum atomic E-state index is 12.8. The Balaban J connectivity index is 1.78. The lowest BCUT2D eigenvalue weighted by molar-refractivity contribution is -0.167. The van der Waals surface area contributed by atoms with Crippen molar-refractivity contribution in [1.29, 1.82) is 0 Å². The van der Waals surface area contributed by atoms with Gasteiger partial charge in [0.25, 0.3) is 0 Å². The number of carbonyl (C=O) groups is 2. The van der Waals surface area contributed by atoms with Crippen molar-refractivity contribution < 1.29 is 19.3 Å². The number of aromatic nitrogens is 1. The molecule has 3 rings (SSSR count). The molecule has 2 amide bonds. The molecule has 11 heteroatoms. The van der Waals surface area contributed by atoms with Crippen molar-refractivity contribution in [2.45, 2.75) is 39.7 Å². The van der Waals surface area contributed by atoms with Crippen LogP contribution in [0.15, 0.2) is 40.0 Å². The first kappa shape index (κ1) is 24.0. The fourth-order valence-corrected chi connectivity index (χ4v) is 3.33. The summed E-state index contributed by atoms with van der Waals surface area (Å²) in [6.45, 7) is 6.07. The number of carbonyl (C=O) groups excluding carboxylic acids is 2. The number of nitrogens with one attached hydrogen (secondary N) is 1. The number of allylic oxidation sites excluding steroid dienone is 3. The SMILES string of the molecule is CCN1ONC(=Nc2cnc(OC3CC(C=O)C3)c(Cl)c2)N(C/C(C)=C/C=C(\C)Cl)C1=O. The molecule has 2 heterocycles. The van der Waals surface area contributed by atoms with Gasteiger partial charge in [-0.2, -0.15) is 5.06 Å². The van der Waals surface area contributed by atoms with Gasteiger partial charge < -0.3 is 9.53 Å². The lowest BCUT2D eigenvalue weighted by atomic mass is 9.83. The number of hydrogen-bond donors (Lipinski definition) is 1. The molecular formula is C21H25Cl2N5O4. The number of urea groups is 1. The minimum absolute atomic E-state index is 0.0365. The van der Waals surface area contributed by atoms with Crippen LogP contribution in [-0.4, -0.2) is 52.4 Å². The Morgan fingerprint density at radius 3 is 2.78 bits per heavy atom. The van der Waals surface area contributed by atoms with Crippen LogP contribution in [0.4, 0.5) is 10.5 Å². The molecule has 1 saturated carbocycles. The van der Waals surface area contributed by atoms with E-state index in [4.69, 9.17) is 32.9 Å². The van der Waals surface area contributed by atoms with E-state index in [0.29, 0.717) is 30.1 Å². The predicted molar refractivity (Wildman–Crippen MR) is 122 cm³/mol. The number of hydrogen-bond acceptors (Lipinski definition) is 6. The number of rotatable bonds is 8. The maximum Gasteiger partial charge on any atom is 0.353 e. The van der Waals surface area contributed by atoms with Gasteiger partial charge in [0.05, 0.1) is 25.0 Å². The number of halogens is 2. The number of amides is 2. The molecule has 0 aromatic carbocycles. The summed E-state index contributed by atoms with van der Waals surface area (Å²) in [6, 6.07) is 1.23. The van der Waals surface area contributed by atoms with Gasteiger partial charge in [0.15, 0.2) is 0 Å². The second-order valence-corrected chi connectivity index (χ2v) is 8.55. The zero-order valence-corrected chi connectivity index (χ0v) is 19.6. The maximum absolute atomic E-state index is 12.8. The van der Waals surface area contributed by atoms with Gasteiger partial charge in [-0.1, -0.05) is 34.9 Å². The van der Waals surface area contributed by atoms with Gasteiger partial charge in [-0.05, 0) is 45.8 Å². The third-order valence-electron chi connectivity index (χ3n) is 4.87. The third-order valence-corrected chi connectivity index (χ3v) is 5.27. The second-order valence-electron chi connectivity index (χ2n) is 7.55. The Morgan fingerprint density at radius 2 is 2.16 bits per heavy atom. The minimum Gasteiger partial charge on any atom is -0.473 e. The van der Waals surface area contributed by atoms with E-state index >= 15 is 0 Å². The van der Waals surface area contributed by atoms with E-state index in [2.05, 4.69) is 15.5 Å². The monoisotopic (exact) mass is 481 g/mol. The quantitative estimate of drug-likeness (QED) is 0.437. The van der Waals surface area contributed by atoms with Gasteiger partial charge in [0, 0.05) is 11.0 Å². The Labute approximate surface area is 196 Å². The highest BCUT2D eigenvalue weighted by Gasteiger charge is 2.32.